The van der Waals surface area contributed by atoms with Crippen LogP contribution in [0, 0.1) is 11.3 Å². The summed E-state index contributed by atoms with van der Waals surface area (Å²) in [5.41, 5.74) is 1.11. The summed E-state index contributed by atoms with van der Waals surface area (Å²) < 4.78 is 0. The summed E-state index contributed by atoms with van der Waals surface area (Å²) in [6.07, 6.45) is 3.75. The maximum absolute atomic E-state index is 13.2. The highest BCUT2D eigenvalue weighted by atomic mass is 35.5. The fraction of sp³-hybridized carbons (Fsp3) is 0.652. The third-order valence-corrected chi connectivity index (χ3v) is 6.84. The SMILES string of the molecule is CC(O)[C@@H](NC(=O)C1CCCC1)C(=O)N1CCC(c2ccc(Cl)cc2)C(C)(C)C1. The molecule has 3 atom stereocenters. The van der Waals surface area contributed by atoms with Gasteiger partial charge in [-0.15, -0.1) is 0 Å². The van der Waals surface area contributed by atoms with Crippen molar-refractivity contribution in [2.45, 2.75) is 70.9 Å². The third kappa shape index (κ3) is 5.13. The molecule has 0 radical (unpaired) electrons. The quantitative estimate of drug-likeness (QED) is 0.762. The number of rotatable bonds is 5. The second kappa shape index (κ2) is 9.05. The molecule has 6 heteroatoms. The van der Waals surface area contributed by atoms with Crippen LogP contribution in [0.3, 0.4) is 0 Å². The molecular weight excluding hydrogens is 388 g/mol. The lowest BCUT2D eigenvalue weighted by Gasteiger charge is -2.45. The highest BCUT2D eigenvalue weighted by Gasteiger charge is 2.41. The van der Waals surface area contributed by atoms with Gasteiger partial charge in [0.2, 0.25) is 11.8 Å². The summed E-state index contributed by atoms with van der Waals surface area (Å²) in [6.45, 7) is 7.10. The van der Waals surface area contributed by atoms with Crippen LogP contribution in [0.1, 0.15) is 64.4 Å². The molecule has 1 saturated carbocycles. The topological polar surface area (TPSA) is 69.6 Å². The molecule has 2 unspecified atom stereocenters. The van der Waals surface area contributed by atoms with Crippen LogP contribution >= 0.6 is 11.6 Å². The maximum Gasteiger partial charge on any atom is 0.247 e. The first-order valence-corrected chi connectivity index (χ1v) is 11.1. The summed E-state index contributed by atoms with van der Waals surface area (Å²) >= 11 is 6.03. The van der Waals surface area contributed by atoms with Crippen LogP contribution in [0.15, 0.2) is 24.3 Å². The van der Waals surface area contributed by atoms with Crippen molar-refractivity contribution < 1.29 is 14.7 Å². The number of amides is 2. The Morgan fingerprint density at radius 3 is 2.34 bits per heavy atom. The van der Waals surface area contributed by atoms with E-state index in [-0.39, 0.29) is 23.1 Å². The number of nitrogens with zero attached hydrogens (tertiary/aromatic N) is 1. The minimum Gasteiger partial charge on any atom is -0.391 e. The maximum atomic E-state index is 13.2. The van der Waals surface area contributed by atoms with Crippen molar-refractivity contribution in [2.75, 3.05) is 13.1 Å². The van der Waals surface area contributed by atoms with Crippen molar-refractivity contribution >= 4 is 23.4 Å². The van der Waals surface area contributed by atoms with Gasteiger partial charge in [-0.1, -0.05) is 50.4 Å². The third-order valence-electron chi connectivity index (χ3n) is 6.59. The number of carbonyl (C=O) groups is 2. The van der Waals surface area contributed by atoms with Gasteiger partial charge in [0.15, 0.2) is 0 Å². The van der Waals surface area contributed by atoms with E-state index < -0.39 is 12.1 Å². The number of halogens is 1. The average molecular weight is 421 g/mol. The van der Waals surface area contributed by atoms with Crippen LogP contribution < -0.4 is 5.32 Å². The molecule has 2 aliphatic rings. The van der Waals surface area contributed by atoms with E-state index in [2.05, 4.69) is 31.3 Å². The first-order valence-electron chi connectivity index (χ1n) is 10.7. The van der Waals surface area contributed by atoms with E-state index in [0.717, 1.165) is 37.1 Å². The predicted octanol–water partition coefficient (Wildman–Crippen LogP) is 3.74. The normalized spacial score (nSPS) is 24.2. The summed E-state index contributed by atoms with van der Waals surface area (Å²) in [6, 6.07) is 7.06. The Morgan fingerprint density at radius 2 is 1.79 bits per heavy atom. The molecule has 1 aliphatic carbocycles. The molecule has 29 heavy (non-hydrogen) atoms. The summed E-state index contributed by atoms with van der Waals surface area (Å²) in [7, 11) is 0. The van der Waals surface area contributed by atoms with Crippen molar-refractivity contribution in [2.24, 2.45) is 11.3 Å². The van der Waals surface area contributed by atoms with Gasteiger partial charge in [0.1, 0.15) is 6.04 Å². The Morgan fingerprint density at radius 1 is 1.17 bits per heavy atom. The number of aliphatic hydroxyl groups is 1. The number of carbonyl (C=O) groups excluding carboxylic acids is 2. The summed E-state index contributed by atoms with van der Waals surface area (Å²) in [5.74, 6) is 0.00377. The van der Waals surface area contributed by atoms with E-state index in [9.17, 15) is 14.7 Å². The molecule has 0 aromatic heterocycles. The average Bonchev–Trinajstić information content (AvgIpc) is 3.20. The second-order valence-corrected chi connectivity index (χ2v) is 9.79. The zero-order chi connectivity index (χ0) is 21.2. The van der Waals surface area contributed by atoms with E-state index in [1.165, 1.54) is 5.56 Å². The Kier molecular flexibility index (Phi) is 6.90. The van der Waals surface area contributed by atoms with Gasteiger partial charge in [0.25, 0.3) is 0 Å². The van der Waals surface area contributed by atoms with Crippen LogP contribution in [0.2, 0.25) is 5.02 Å². The molecule has 1 heterocycles. The molecule has 160 valence electrons. The number of aliphatic hydroxyl groups excluding tert-OH is 1. The summed E-state index contributed by atoms with van der Waals surface area (Å²) in [5, 5.41) is 13.8. The number of hydrogen-bond acceptors (Lipinski definition) is 3. The van der Waals surface area contributed by atoms with Crippen LogP contribution in [0.4, 0.5) is 0 Å². The Balaban J connectivity index is 1.68. The fourth-order valence-electron chi connectivity index (χ4n) is 4.90. The van der Waals surface area contributed by atoms with Crippen molar-refractivity contribution in [3.05, 3.63) is 34.9 Å². The Labute approximate surface area is 178 Å². The van der Waals surface area contributed by atoms with E-state index in [0.29, 0.717) is 19.0 Å². The second-order valence-electron chi connectivity index (χ2n) is 9.35. The minimum absolute atomic E-state index is 0.0314. The molecule has 2 N–H and O–H groups in total. The van der Waals surface area contributed by atoms with E-state index in [1.54, 1.807) is 11.8 Å². The molecule has 2 fully saturated rings. The van der Waals surface area contributed by atoms with Crippen LogP contribution in [-0.4, -0.2) is 47.1 Å². The van der Waals surface area contributed by atoms with Crippen molar-refractivity contribution in [1.29, 1.82) is 0 Å². The smallest absolute Gasteiger partial charge is 0.247 e. The Bertz CT molecular complexity index is 726. The van der Waals surface area contributed by atoms with E-state index in [4.69, 9.17) is 11.6 Å². The molecule has 1 saturated heterocycles. The molecule has 1 aromatic rings. The Hall–Kier alpha value is -1.59. The van der Waals surface area contributed by atoms with E-state index in [1.807, 2.05) is 12.1 Å². The molecule has 2 amide bonds. The van der Waals surface area contributed by atoms with Gasteiger partial charge in [-0.05, 0) is 55.2 Å². The molecule has 1 aromatic carbocycles. The molecule has 3 rings (SSSR count). The minimum atomic E-state index is -0.926. The predicted molar refractivity (Wildman–Crippen MR) is 115 cm³/mol. The van der Waals surface area contributed by atoms with Crippen molar-refractivity contribution in [1.82, 2.24) is 10.2 Å². The molecule has 5 nitrogen and oxygen atoms in total. The van der Waals surface area contributed by atoms with Gasteiger partial charge in [0.05, 0.1) is 6.10 Å². The number of piperidine rings is 1. The number of likely N-dealkylation sites (tertiary alicyclic amines) is 1. The standard InChI is InChI=1S/C23H33ClN2O3/c1-15(27)20(25-21(28)17-6-4-5-7-17)22(29)26-13-12-19(23(2,3)14-26)16-8-10-18(24)11-9-16/h8-11,15,17,19-20,27H,4-7,12-14H2,1-3H3,(H,25,28)/t15?,19?,20-/m1/s1. The molecule has 0 bridgehead atoms. The number of nitrogens with one attached hydrogen (secondary N) is 1. The first kappa shape index (κ1) is 22.1. The van der Waals surface area contributed by atoms with E-state index >= 15 is 0 Å². The lowest BCUT2D eigenvalue weighted by Crippen LogP contribution is -2.58. The van der Waals surface area contributed by atoms with Gasteiger partial charge in [0, 0.05) is 24.0 Å². The lowest BCUT2D eigenvalue weighted by atomic mass is 9.70. The van der Waals surface area contributed by atoms with Crippen molar-refractivity contribution in [3.63, 3.8) is 0 Å². The zero-order valence-electron chi connectivity index (χ0n) is 17.7. The van der Waals surface area contributed by atoms with Gasteiger partial charge in [-0.2, -0.15) is 0 Å². The first-order chi connectivity index (χ1) is 13.7. The van der Waals surface area contributed by atoms with Gasteiger partial charge < -0.3 is 15.3 Å². The highest BCUT2D eigenvalue weighted by Crippen LogP contribution is 2.42. The van der Waals surface area contributed by atoms with Crippen LogP contribution in [-0.2, 0) is 9.59 Å². The van der Waals surface area contributed by atoms with Crippen molar-refractivity contribution in [3.8, 4) is 0 Å². The van der Waals surface area contributed by atoms with Crippen LogP contribution in [0.5, 0.6) is 0 Å². The number of hydrogen-bond donors (Lipinski definition) is 2. The zero-order valence-corrected chi connectivity index (χ0v) is 18.4. The fourth-order valence-corrected chi connectivity index (χ4v) is 5.03. The largest absolute Gasteiger partial charge is 0.391 e. The number of benzene rings is 1. The molecular formula is C23H33ClN2O3. The highest BCUT2D eigenvalue weighted by molar-refractivity contribution is 6.30. The monoisotopic (exact) mass is 420 g/mol. The van der Waals surface area contributed by atoms with Crippen LogP contribution in [0.25, 0.3) is 0 Å². The van der Waals surface area contributed by atoms with Gasteiger partial charge >= 0.3 is 0 Å². The molecule has 1 aliphatic heterocycles. The van der Waals surface area contributed by atoms with Gasteiger partial charge in [-0.3, -0.25) is 9.59 Å². The lowest BCUT2D eigenvalue weighted by molar-refractivity contribution is -0.143. The molecule has 0 spiro atoms. The van der Waals surface area contributed by atoms with Gasteiger partial charge in [-0.25, -0.2) is 0 Å². The summed E-state index contributed by atoms with van der Waals surface area (Å²) in [4.78, 5) is 27.5.